The second-order valence-corrected chi connectivity index (χ2v) is 9.49. The Labute approximate surface area is 197 Å². The van der Waals surface area contributed by atoms with E-state index in [2.05, 4.69) is 10.6 Å². The summed E-state index contributed by atoms with van der Waals surface area (Å²) in [6.45, 7) is 8.57. The average molecular weight is 479 g/mol. The third-order valence-electron chi connectivity index (χ3n) is 6.00. The fourth-order valence-electron chi connectivity index (χ4n) is 4.78. The lowest BCUT2D eigenvalue weighted by atomic mass is 9.88. The topological polar surface area (TPSA) is 120 Å². The highest BCUT2D eigenvalue weighted by atomic mass is 19.1. The Hall–Kier alpha value is -3.17. The molecule has 0 saturated heterocycles. The maximum Gasteiger partial charge on any atom is 0.408 e. The van der Waals surface area contributed by atoms with Crippen LogP contribution in [0.25, 0.3) is 0 Å². The van der Waals surface area contributed by atoms with Crippen LogP contribution in [-0.2, 0) is 23.8 Å². The van der Waals surface area contributed by atoms with Crippen molar-refractivity contribution in [1.29, 1.82) is 0 Å². The molecule has 2 amide bonds. The van der Waals surface area contributed by atoms with E-state index in [0.29, 0.717) is 0 Å². The van der Waals surface area contributed by atoms with Crippen LogP contribution < -0.4 is 10.6 Å². The van der Waals surface area contributed by atoms with Gasteiger partial charge in [-0.1, -0.05) is 0 Å². The van der Waals surface area contributed by atoms with E-state index in [4.69, 9.17) is 14.2 Å². The summed E-state index contributed by atoms with van der Waals surface area (Å²) in [5.74, 6) is -4.01. The van der Waals surface area contributed by atoms with E-state index in [0.717, 1.165) is 12.1 Å². The number of amides is 2. The lowest BCUT2D eigenvalue weighted by Gasteiger charge is -2.33. The zero-order valence-electron chi connectivity index (χ0n) is 20.0. The van der Waals surface area contributed by atoms with Crippen LogP contribution in [0.1, 0.15) is 51.4 Å². The fourth-order valence-corrected chi connectivity index (χ4v) is 4.78. The van der Waals surface area contributed by atoms with E-state index in [-0.39, 0.29) is 25.2 Å². The number of nitrogens with one attached hydrogen (secondary N) is 2. The molecule has 186 valence electrons. The molecule has 0 aliphatic heterocycles. The summed E-state index contributed by atoms with van der Waals surface area (Å²) >= 11 is 0. The number of halogens is 1. The second-order valence-electron chi connectivity index (χ2n) is 9.49. The summed E-state index contributed by atoms with van der Waals surface area (Å²) in [6.07, 6.45) is -0.831. The number of hydrogen-bond donors (Lipinski definition) is 2. The lowest BCUT2D eigenvalue weighted by molar-refractivity contribution is -0.153. The molecule has 1 aromatic carbocycles. The smallest absolute Gasteiger partial charge is 0.408 e. The molecular formula is C24H31FN2O7. The Morgan fingerprint density at radius 3 is 2.24 bits per heavy atom. The Bertz CT molecular complexity index is 959. The molecule has 1 aromatic rings. The van der Waals surface area contributed by atoms with Crippen molar-refractivity contribution >= 4 is 23.9 Å². The van der Waals surface area contributed by atoms with Gasteiger partial charge in [0.05, 0.1) is 19.1 Å². The predicted octanol–water partition coefficient (Wildman–Crippen LogP) is 2.58. The van der Waals surface area contributed by atoms with Crippen LogP contribution in [-0.4, -0.2) is 54.3 Å². The van der Waals surface area contributed by atoms with Crippen LogP contribution in [0, 0.1) is 23.6 Å². The van der Waals surface area contributed by atoms with Gasteiger partial charge >= 0.3 is 18.0 Å². The number of esters is 2. The monoisotopic (exact) mass is 478 g/mol. The lowest BCUT2D eigenvalue weighted by Crippen LogP contribution is -2.59. The molecule has 2 saturated carbocycles. The Balaban J connectivity index is 1.92. The van der Waals surface area contributed by atoms with Crippen molar-refractivity contribution < 1.29 is 37.8 Å². The van der Waals surface area contributed by atoms with E-state index >= 15 is 0 Å². The standard InChI is InChI=1S/C24H31FN2O7/c1-6-32-20(29)17-16-15(26-19(28)13-8-10-14(25)11-9-13)12-24(18(16)17,21(30)33-7-2)27-22(31)34-23(3,4)5/h8-11,15-18H,6-7,12H2,1-5H3,(H,26,28)(H,27,31). The third-order valence-corrected chi connectivity index (χ3v) is 6.00. The number of hydrogen-bond acceptors (Lipinski definition) is 7. The van der Waals surface area contributed by atoms with Crippen LogP contribution in [0.15, 0.2) is 24.3 Å². The molecule has 5 unspecified atom stereocenters. The van der Waals surface area contributed by atoms with Gasteiger partial charge in [-0.05, 0) is 64.8 Å². The first kappa shape index (κ1) is 25.5. The normalized spacial score (nSPS) is 27.2. The Kier molecular flexibility index (Phi) is 7.18. The summed E-state index contributed by atoms with van der Waals surface area (Å²) in [6, 6.07) is 4.36. The van der Waals surface area contributed by atoms with Gasteiger partial charge < -0.3 is 24.8 Å². The maximum atomic E-state index is 13.3. The van der Waals surface area contributed by atoms with Gasteiger partial charge in [0.1, 0.15) is 17.0 Å². The van der Waals surface area contributed by atoms with Gasteiger partial charge in [0, 0.05) is 23.9 Å². The quantitative estimate of drug-likeness (QED) is 0.457. The SMILES string of the molecule is CCOC(=O)C1C2C(NC(=O)c3ccc(F)cc3)CC(NC(=O)OC(C)(C)C)(C(=O)OCC)C12. The van der Waals surface area contributed by atoms with Gasteiger partial charge in [-0.15, -0.1) is 0 Å². The maximum absolute atomic E-state index is 13.3. The number of ether oxygens (including phenoxy) is 3. The van der Waals surface area contributed by atoms with Crippen LogP contribution in [0.5, 0.6) is 0 Å². The summed E-state index contributed by atoms with van der Waals surface area (Å²) in [4.78, 5) is 51.4. The largest absolute Gasteiger partial charge is 0.466 e. The van der Waals surface area contributed by atoms with Gasteiger partial charge in [-0.25, -0.2) is 14.0 Å². The molecule has 2 fully saturated rings. The van der Waals surface area contributed by atoms with Crippen molar-refractivity contribution in [2.24, 2.45) is 17.8 Å². The molecule has 2 aliphatic carbocycles. The first-order valence-electron chi connectivity index (χ1n) is 11.3. The molecule has 34 heavy (non-hydrogen) atoms. The van der Waals surface area contributed by atoms with Gasteiger partial charge in [0.15, 0.2) is 0 Å². The highest BCUT2D eigenvalue weighted by Gasteiger charge is 2.76. The van der Waals surface area contributed by atoms with Crippen LogP contribution in [0.3, 0.4) is 0 Å². The number of carbonyl (C=O) groups excluding carboxylic acids is 4. The van der Waals surface area contributed by atoms with E-state index < -0.39 is 64.7 Å². The number of fused-ring (bicyclic) bond motifs is 1. The Morgan fingerprint density at radius 1 is 1.06 bits per heavy atom. The molecule has 0 heterocycles. The van der Waals surface area contributed by atoms with Gasteiger partial charge in [-0.2, -0.15) is 0 Å². The van der Waals surface area contributed by atoms with Crippen molar-refractivity contribution in [3.05, 3.63) is 35.6 Å². The van der Waals surface area contributed by atoms with Crippen molar-refractivity contribution in [3.63, 3.8) is 0 Å². The molecular weight excluding hydrogens is 447 g/mol. The molecule has 9 nitrogen and oxygen atoms in total. The van der Waals surface area contributed by atoms with Gasteiger partial charge in [0.2, 0.25) is 0 Å². The fraction of sp³-hybridized carbons (Fsp3) is 0.583. The number of rotatable bonds is 7. The third kappa shape index (κ3) is 5.15. The van der Waals surface area contributed by atoms with Crippen molar-refractivity contribution in [2.75, 3.05) is 13.2 Å². The number of benzene rings is 1. The highest BCUT2D eigenvalue weighted by Crippen LogP contribution is 2.63. The van der Waals surface area contributed by atoms with Gasteiger partial charge in [0.25, 0.3) is 5.91 Å². The second kappa shape index (κ2) is 9.60. The zero-order chi connectivity index (χ0) is 25.3. The predicted molar refractivity (Wildman–Crippen MR) is 118 cm³/mol. The highest BCUT2D eigenvalue weighted by molar-refractivity contribution is 5.95. The Morgan fingerprint density at radius 2 is 1.68 bits per heavy atom. The molecule has 0 bridgehead atoms. The van der Waals surface area contributed by atoms with Crippen molar-refractivity contribution in [2.45, 2.75) is 58.2 Å². The van der Waals surface area contributed by atoms with E-state index in [9.17, 15) is 23.6 Å². The molecule has 0 radical (unpaired) electrons. The van der Waals surface area contributed by atoms with E-state index in [1.54, 1.807) is 34.6 Å². The average Bonchev–Trinajstić information content (AvgIpc) is 3.41. The number of alkyl carbamates (subject to hydrolysis) is 1. The zero-order valence-corrected chi connectivity index (χ0v) is 20.0. The number of carbonyl (C=O) groups is 4. The van der Waals surface area contributed by atoms with Crippen molar-refractivity contribution in [3.8, 4) is 0 Å². The summed E-state index contributed by atoms with van der Waals surface area (Å²) < 4.78 is 29.1. The molecule has 5 atom stereocenters. The molecule has 0 aromatic heterocycles. The molecule has 0 spiro atoms. The minimum atomic E-state index is -1.58. The first-order chi connectivity index (χ1) is 15.9. The summed E-state index contributed by atoms with van der Waals surface area (Å²) in [5.41, 5.74) is -2.18. The van der Waals surface area contributed by atoms with E-state index in [1.807, 2.05) is 0 Å². The summed E-state index contributed by atoms with van der Waals surface area (Å²) in [7, 11) is 0. The minimum absolute atomic E-state index is 0.00322. The van der Waals surface area contributed by atoms with Gasteiger partial charge in [-0.3, -0.25) is 9.59 Å². The van der Waals surface area contributed by atoms with Crippen LogP contribution >= 0.6 is 0 Å². The molecule has 2 aliphatic rings. The van der Waals surface area contributed by atoms with Crippen LogP contribution in [0.2, 0.25) is 0 Å². The summed E-state index contributed by atoms with van der Waals surface area (Å²) in [5, 5.41) is 5.50. The molecule has 2 N–H and O–H groups in total. The molecule has 3 rings (SSSR count). The molecule has 10 heteroatoms. The van der Waals surface area contributed by atoms with Crippen molar-refractivity contribution in [1.82, 2.24) is 10.6 Å². The van der Waals surface area contributed by atoms with E-state index in [1.165, 1.54) is 12.1 Å². The first-order valence-corrected chi connectivity index (χ1v) is 11.3. The van der Waals surface area contributed by atoms with Crippen LogP contribution in [0.4, 0.5) is 9.18 Å². The minimum Gasteiger partial charge on any atom is -0.466 e.